The number of rotatable bonds is 8. The summed E-state index contributed by atoms with van der Waals surface area (Å²) < 4.78 is 11.9. The predicted molar refractivity (Wildman–Crippen MR) is 69.7 cm³/mol. The molecule has 0 amide bonds. The Morgan fingerprint density at radius 3 is 2.81 bits per heavy atom. The molecule has 0 saturated carbocycles. The molecule has 0 aliphatic rings. The van der Waals surface area contributed by atoms with Gasteiger partial charge in [0, 0.05) is 10.9 Å². The highest BCUT2D eigenvalue weighted by Crippen LogP contribution is 2.13. The van der Waals surface area contributed by atoms with E-state index in [9.17, 15) is 0 Å². The topological polar surface area (TPSA) is 22.4 Å². The van der Waals surface area contributed by atoms with Crippen molar-refractivity contribution in [1.82, 2.24) is 0 Å². The van der Waals surface area contributed by atoms with E-state index in [0.29, 0.717) is 13.2 Å². The van der Waals surface area contributed by atoms with Crippen LogP contribution in [0.25, 0.3) is 0 Å². The molecule has 0 bridgehead atoms. The van der Waals surface area contributed by atoms with Gasteiger partial charge in [-0.05, 0) is 18.6 Å². The van der Waals surface area contributed by atoms with Gasteiger partial charge in [-0.25, -0.2) is 0 Å². The summed E-state index contributed by atoms with van der Waals surface area (Å²) in [6, 6.07) is 4.02. The van der Waals surface area contributed by atoms with Crippen molar-refractivity contribution < 1.29 is 9.15 Å². The minimum absolute atomic E-state index is 0.512. The molecule has 0 N–H and O–H groups in total. The van der Waals surface area contributed by atoms with Crippen LogP contribution in [-0.2, 0) is 17.8 Å². The molecular weight excluding hydrogens is 268 g/mol. The number of halogens is 1. The Balaban J connectivity index is 2.25. The van der Waals surface area contributed by atoms with E-state index >= 15 is 0 Å². The Hall–Kier alpha value is -0.540. The molecule has 0 aromatic carbocycles. The average Bonchev–Trinajstić information content (AvgIpc) is 2.66. The van der Waals surface area contributed by atoms with Crippen molar-refractivity contribution in [2.45, 2.75) is 39.2 Å². The fourth-order valence-corrected chi connectivity index (χ4v) is 1.61. The van der Waals surface area contributed by atoms with Gasteiger partial charge in [-0.3, -0.25) is 0 Å². The zero-order chi connectivity index (χ0) is 11.8. The molecule has 1 aromatic rings. The van der Waals surface area contributed by atoms with Crippen molar-refractivity contribution in [1.29, 1.82) is 0 Å². The maximum atomic E-state index is 5.64. The number of hydrogen-bond acceptors (Lipinski definition) is 2. The van der Waals surface area contributed by atoms with Gasteiger partial charge >= 0.3 is 0 Å². The van der Waals surface area contributed by atoms with Crippen LogP contribution in [0.15, 0.2) is 27.6 Å². The van der Waals surface area contributed by atoms with Crippen LogP contribution in [-0.4, -0.2) is 6.61 Å². The van der Waals surface area contributed by atoms with Crippen molar-refractivity contribution >= 4 is 15.9 Å². The van der Waals surface area contributed by atoms with Crippen LogP contribution >= 0.6 is 15.9 Å². The molecule has 0 aliphatic carbocycles. The SMILES string of the molecule is C=C(Br)COCc1ccc(CCCCC)o1. The molecule has 0 radical (unpaired) electrons. The maximum absolute atomic E-state index is 5.64. The largest absolute Gasteiger partial charge is 0.464 e. The third-order valence-corrected chi connectivity index (χ3v) is 2.48. The fourth-order valence-electron chi connectivity index (χ4n) is 1.45. The van der Waals surface area contributed by atoms with E-state index in [2.05, 4.69) is 29.4 Å². The molecule has 1 heterocycles. The lowest BCUT2D eigenvalue weighted by atomic mass is 10.2. The van der Waals surface area contributed by atoms with Crippen LogP contribution in [0.3, 0.4) is 0 Å². The van der Waals surface area contributed by atoms with E-state index in [4.69, 9.17) is 9.15 Å². The molecule has 2 nitrogen and oxygen atoms in total. The first-order valence-electron chi connectivity index (χ1n) is 5.71. The van der Waals surface area contributed by atoms with Gasteiger partial charge in [0.25, 0.3) is 0 Å². The number of aryl methyl sites for hydroxylation is 1. The molecule has 0 spiro atoms. The lowest BCUT2D eigenvalue weighted by Gasteiger charge is -2.00. The first-order valence-corrected chi connectivity index (χ1v) is 6.50. The average molecular weight is 287 g/mol. The fraction of sp³-hybridized carbons (Fsp3) is 0.538. The molecule has 0 fully saturated rings. The van der Waals surface area contributed by atoms with Gasteiger partial charge in [0.2, 0.25) is 0 Å². The smallest absolute Gasteiger partial charge is 0.129 e. The standard InChI is InChI=1S/C13H19BrO2/c1-3-4-5-6-12-7-8-13(16-12)10-15-9-11(2)14/h7-8H,2-6,9-10H2,1H3. The van der Waals surface area contributed by atoms with Crippen molar-refractivity contribution in [3.05, 3.63) is 34.7 Å². The van der Waals surface area contributed by atoms with Gasteiger partial charge in [-0.1, -0.05) is 42.3 Å². The second-order valence-electron chi connectivity index (χ2n) is 3.84. The maximum Gasteiger partial charge on any atom is 0.129 e. The quantitative estimate of drug-likeness (QED) is 0.660. The third-order valence-electron chi connectivity index (χ3n) is 2.25. The zero-order valence-electron chi connectivity index (χ0n) is 9.80. The summed E-state index contributed by atoms with van der Waals surface area (Å²) in [6.45, 7) is 6.94. The third kappa shape index (κ3) is 5.52. The Morgan fingerprint density at radius 1 is 1.38 bits per heavy atom. The van der Waals surface area contributed by atoms with Crippen molar-refractivity contribution in [3.63, 3.8) is 0 Å². The van der Waals surface area contributed by atoms with E-state index in [1.165, 1.54) is 19.3 Å². The molecule has 1 aromatic heterocycles. The second kappa shape index (κ2) is 7.69. The summed E-state index contributed by atoms with van der Waals surface area (Å²) in [4.78, 5) is 0. The Labute approximate surface area is 106 Å². The Kier molecular flexibility index (Phi) is 6.50. The van der Waals surface area contributed by atoms with Gasteiger partial charge in [0.15, 0.2) is 0 Å². The van der Waals surface area contributed by atoms with Crippen LogP contribution in [0, 0.1) is 0 Å². The molecule has 90 valence electrons. The monoisotopic (exact) mass is 286 g/mol. The second-order valence-corrected chi connectivity index (χ2v) is 4.96. The minimum Gasteiger partial charge on any atom is -0.464 e. The van der Waals surface area contributed by atoms with E-state index in [0.717, 1.165) is 22.4 Å². The van der Waals surface area contributed by atoms with Gasteiger partial charge in [-0.15, -0.1) is 0 Å². The van der Waals surface area contributed by atoms with E-state index in [-0.39, 0.29) is 0 Å². The van der Waals surface area contributed by atoms with Crippen LogP contribution in [0.5, 0.6) is 0 Å². The number of furan rings is 1. The summed E-state index contributed by atoms with van der Waals surface area (Å²) in [5.74, 6) is 1.95. The van der Waals surface area contributed by atoms with Crippen molar-refractivity contribution in [3.8, 4) is 0 Å². The lowest BCUT2D eigenvalue weighted by molar-refractivity contribution is 0.129. The summed E-state index contributed by atoms with van der Waals surface area (Å²) in [5.41, 5.74) is 0. The highest BCUT2D eigenvalue weighted by Gasteiger charge is 2.02. The minimum atomic E-state index is 0.512. The van der Waals surface area contributed by atoms with Gasteiger partial charge in [0.1, 0.15) is 18.1 Å². The highest BCUT2D eigenvalue weighted by atomic mass is 79.9. The molecular formula is C13H19BrO2. The normalized spacial score (nSPS) is 10.6. The van der Waals surface area contributed by atoms with Gasteiger partial charge < -0.3 is 9.15 Å². The first-order chi connectivity index (χ1) is 7.72. The number of hydrogen-bond donors (Lipinski definition) is 0. The van der Waals surface area contributed by atoms with Crippen LogP contribution < -0.4 is 0 Å². The van der Waals surface area contributed by atoms with Gasteiger partial charge in [-0.2, -0.15) is 0 Å². The molecule has 1 rings (SSSR count). The zero-order valence-corrected chi connectivity index (χ0v) is 11.4. The summed E-state index contributed by atoms with van der Waals surface area (Å²) in [7, 11) is 0. The van der Waals surface area contributed by atoms with Crippen LogP contribution in [0.1, 0.15) is 37.7 Å². The van der Waals surface area contributed by atoms with Crippen molar-refractivity contribution in [2.75, 3.05) is 6.61 Å². The van der Waals surface area contributed by atoms with E-state index < -0.39 is 0 Å². The first kappa shape index (κ1) is 13.5. The molecule has 16 heavy (non-hydrogen) atoms. The van der Waals surface area contributed by atoms with Gasteiger partial charge in [0.05, 0.1) is 6.61 Å². The number of ether oxygens (including phenoxy) is 1. The van der Waals surface area contributed by atoms with Crippen LogP contribution in [0.4, 0.5) is 0 Å². The van der Waals surface area contributed by atoms with E-state index in [1.54, 1.807) is 0 Å². The molecule has 0 saturated heterocycles. The molecule has 0 unspecified atom stereocenters. The summed E-state index contributed by atoms with van der Waals surface area (Å²) in [5, 5.41) is 0. The summed E-state index contributed by atoms with van der Waals surface area (Å²) >= 11 is 3.25. The molecule has 0 aliphatic heterocycles. The molecule has 0 atom stereocenters. The summed E-state index contributed by atoms with van der Waals surface area (Å²) in [6.07, 6.45) is 4.72. The lowest BCUT2D eigenvalue weighted by Crippen LogP contribution is -1.93. The highest BCUT2D eigenvalue weighted by molar-refractivity contribution is 9.11. The van der Waals surface area contributed by atoms with E-state index in [1.807, 2.05) is 12.1 Å². The molecule has 3 heteroatoms. The van der Waals surface area contributed by atoms with Crippen molar-refractivity contribution in [2.24, 2.45) is 0 Å². The Bertz CT molecular complexity index is 317. The predicted octanol–water partition coefficient (Wildman–Crippen LogP) is 4.44. The Morgan fingerprint density at radius 2 is 2.12 bits per heavy atom. The van der Waals surface area contributed by atoms with Crippen LogP contribution in [0.2, 0.25) is 0 Å². The number of unbranched alkanes of at least 4 members (excludes halogenated alkanes) is 2.